The van der Waals surface area contributed by atoms with Crippen molar-refractivity contribution < 1.29 is 13.2 Å². The van der Waals surface area contributed by atoms with E-state index in [2.05, 4.69) is 9.98 Å². The lowest BCUT2D eigenvalue weighted by molar-refractivity contribution is -0.193. The van der Waals surface area contributed by atoms with Gasteiger partial charge >= 0.3 is 6.18 Å². The van der Waals surface area contributed by atoms with E-state index < -0.39 is 11.6 Å². The van der Waals surface area contributed by atoms with Gasteiger partial charge in [0.2, 0.25) is 0 Å². The van der Waals surface area contributed by atoms with Gasteiger partial charge in [-0.1, -0.05) is 0 Å². The number of aromatic nitrogens is 2. The molecule has 118 valence electrons. The van der Waals surface area contributed by atoms with Crippen molar-refractivity contribution in [3.05, 3.63) is 35.8 Å². The van der Waals surface area contributed by atoms with Crippen molar-refractivity contribution in [1.29, 1.82) is 5.26 Å². The highest BCUT2D eigenvalue weighted by atomic mass is 19.4. The van der Waals surface area contributed by atoms with Crippen molar-refractivity contribution in [2.24, 2.45) is 17.5 Å². The molecule has 1 unspecified atom stereocenters. The Balaban J connectivity index is 2.23. The molecule has 0 N–H and O–H groups in total. The van der Waals surface area contributed by atoms with E-state index in [4.69, 9.17) is 5.26 Å². The fraction of sp³-hybridized carbons (Fsp3) is 0.312. The fourth-order valence-electron chi connectivity index (χ4n) is 2.69. The number of hydrogen-bond donors (Lipinski definition) is 0. The molecule has 1 atom stereocenters. The number of halogens is 3. The molecule has 2 aromatic rings. The highest BCUT2D eigenvalue weighted by molar-refractivity contribution is 5.84. The minimum Gasteiger partial charge on any atom is -0.327 e. The van der Waals surface area contributed by atoms with E-state index in [1.807, 2.05) is 6.07 Å². The van der Waals surface area contributed by atoms with E-state index in [-0.39, 0.29) is 17.8 Å². The summed E-state index contributed by atoms with van der Waals surface area (Å²) < 4.78 is 42.3. The first-order chi connectivity index (χ1) is 10.8. The van der Waals surface area contributed by atoms with Gasteiger partial charge in [0.25, 0.3) is 0 Å². The van der Waals surface area contributed by atoms with Gasteiger partial charge in [-0.3, -0.25) is 4.99 Å². The maximum absolute atomic E-state index is 13.6. The smallest absolute Gasteiger partial charge is 0.327 e. The molecule has 23 heavy (non-hydrogen) atoms. The second-order valence-electron chi connectivity index (χ2n) is 5.72. The SMILES string of the molecule is Cn1c(C2=CN=CCC2(C)C(F)(F)F)nc2ccc(C#N)cc21. The third kappa shape index (κ3) is 2.22. The minimum absolute atomic E-state index is 0.0321. The summed E-state index contributed by atoms with van der Waals surface area (Å²) >= 11 is 0. The monoisotopic (exact) mass is 318 g/mol. The van der Waals surface area contributed by atoms with Crippen molar-refractivity contribution in [1.82, 2.24) is 9.55 Å². The van der Waals surface area contributed by atoms with Crippen molar-refractivity contribution >= 4 is 22.8 Å². The summed E-state index contributed by atoms with van der Waals surface area (Å²) in [6.45, 7) is 1.16. The maximum atomic E-state index is 13.6. The molecule has 1 aliphatic rings. The summed E-state index contributed by atoms with van der Waals surface area (Å²) in [6, 6.07) is 6.86. The van der Waals surface area contributed by atoms with Gasteiger partial charge in [0.1, 0.15) is 5.82 Å². The highest BCUT2D eigenvalue weighted by Crippen LogP contribution is 2.51. The molecule has 0 amide bonds. The zero-order valence-corrected chi connectivity index (χ0v) is 12.5. The zero-order chi connectivity index (χ0) is 16.8. The second kappa shape index (κ2) is 4.95. The van der Waals surface area contributed by atoms with Gasteiger partial charge in [0.05, 0.1) is 28.1 Å². The molecule has 1 aliphatic heterocycles. The van der Waals surface area contributed by atoms with Crippen molar-refractivity contribution in [2.45, 2.75) is 19.5 Å². The number of allylic oxidation sites excluding steroid dienone is 1. The largest absolute Gasteiger partial charge is 0.398 e. The quantitative estimate of drug-likeness (QED) is 0.802. The molecule has 3 rings (SSSR count). The van der Waals surface area contributed by atoms with Crippen LogP contribution in [0.25, 0.3) is 16.6 Å². The summed E-state index contributed by atoms with van der Waals surface area (Å²) in [6.07, 6.45) is -2.15. The Morgan fingerprint density at radius 1 is 1.35 bits per heavy atom. The molecule has 0 radical (unpaired) electrons. The average molecular weight is 318 g/mol. The number of hydrogen-bond acceptors (Lipinski definition) is 3. The Bertz CT molecular complexity index is 883. The fourth-order valence-corrected chi connectivity index (χ4v) is 2.69. The molecule has 2 heterocycles. The Morgan fingerprint density at radius 3 is 2.74 bits per heavy atom. The molecule has 4 nitrogen and oxygen atoms in total. The lowest BCUT2D eigenvalue weighted by Crippen LogP contribution is -2.38. The van der Waals surface area contributed by atoms with Gasteiger partial charge in [-0.2, -0.15) is 18.4 Å². The molecule has 1 aromatic carbocycles. The molecule has 7 heteroatoms. The molecule has 0 aliphatic carbocycles. The average Bonchev–Trinajstić information content (AvgIpc) is 2.83. The molecule has 0 spiro atoms. The van der Waals surface area contributed by atoms with Gasteiger partial charge < -0.3 is 4.57 Å². The van der Waals surface area contributed by atoms with Gasteiger partial charge in [0.15, 0.2) is 0 Å². The topological polar surface area (TPSA) is 54.0 Å². The van der Waals surface area contributed by atoms with Crippen LogP contribution in [0.15, 0.2) is 29.4 Å². The van der Waals surface area contributed by atoms with Crippen LogP contribution in [0.5, 0.6) is 0 Å². The lowest BCUT2D eigenvalue weighted by atomic mass is 9.77. The van der Waals surface area contributed by atoms with Crippen LogP contribution < -0.4 is 0 Å². The number of fused-ring (bicyclic) bond motifs is 1. The molecule has 0 saturated carbocycles. The van der Waals surface area contributed by atoms with Gasteiger partial charge in [-0.25, -0.2) is 4.98 Å². The number of nitriles is 1. The molecular weight excluding hydrogens is 305 g/mol. The second-order valence-corrected chi connectivity index (χ2v) is 5.72. The molecule has 1 aromatic heterocycles. The Kier molecular flexibility index (Phi) is 3.29. The van der Waals surface area contributed by atoms with Crippen LogP contribution in [-0.4, -0.2) is 21.9 Å². The maximum Gasteiger partial charge on any atom is 0.398 e. The van der Waals surface area contributed by atoms with Crippen LogP contribution >= 0.6 is 0 Å². The molecule has 0 bridgehead atoms. The van der Waals surface area contributed by atoms with E-state index in [1.165, 1.54) is 12.4 Å². The molecule has 0 fully saturated rings. The van der Waals surface area contributed by atoms with E-state index in [0.717, 1.165) is 6.92 Å². The van der Waals surface area contributed by atoms with Crippen LogP contribution in [0.3, 0.4) is 0 Å². The predicted molar refractivity (Wildman–Crippen MR) is 80.7 cm³/mol. The van der Waals surface area contributed by atoms with Crippen LogP contribution in [0.2, 0.25) is 0 Å². The summed E-state index contributed by atoms with van der Waals surface area (Å²) in [5, 5.41) is 8.97. The summed E-state index contributed by atoms with van der Waals surface area (Å²) in [5.41, 5.74) is -0.423. The van der Waals surface area contributed by atoms with Crippen molar-refractivity contribution in [3.63, 3.8) is 0 Å². The standard InChI is InChI=1S/C16H13F3N4/c1-15(16(17,18)19)5-6-21-9-11(15)14-22-12-4-3-10(8-20)7-13(12)23(14)2/h3-4,6-7,9H,5H2,1-2H3. The van der Waals surface area contributed by atoms with E-state index in [9.17, 15) is 13.2 Å². The van der Waals surface area contributed by atoms with Crippen LogP contribution in [0, 0.1) is 16.7 Å². The zero-order valence-electron chi connectivity index (χ0n) is 12.5. The Hall–Kier alpha value is -2.62. The number of aliphatic imine (C=N–C) groups is 1. The Morgan fingerprint density at radius 2 is 2.09 bits per heavy atom. The number of benzene rings is 1. The molecule has 0 saturated heterocycles. The van der Waals surface area contributed by atoms with E-state index in [1.54, 1.807) is 29.8 Å². The van der Waals surface area contributed by atoms with Crippen LogP contribution in [0.1, 0.15) is 24.7 Å². The van der Waals surface area contributed by atoms with Gasteiger partial charge in [-0.15, -0.1) is 0 Å². The van der Waals surface area contributed by atoms with Gasteiger partial charge in [0, 0.05) is 31.5 Å². The number of imidazole rings is 1. The lowest BCUT2D eigenvalue weighted by Gasteiger charge is -2.34. The third-order valence-corrected chi connectivity index (χ3v) is 4.28. The van der Waals surface area contributed by atoms with Gasteiger partial charge in [-0.05, 0) is 25.1 Å². The normalized spacial score (nSPS) is 21.3. The van der Waals surface area contributed by atoms with Crippen LogP contribution in [-0.2, 0) is 7.05 Å². The molecular formula is C16H13F3N4. The first kappa shape index (κ1) is 15.3. The first-order valence-electron chi connectivity index (χ1n) is 6.94. The number of rotatable bonds is 1. The van der Waals surface area contributed by atoms with Crippen LogP contribution in [0.4, 0.5) is 13.2 Å². The van der Waals surface area contributed by atoms with E-state index in [0.29, 0.717) is 16.6 Å². The first-order valence-corrected chi connectivity index (χ1v) is 6.94. The van der Waals surface area contributed by atoms with E-state index >= 15 is 0 Å². The minimum atomic E-state index is -4.42. The summed E-state index contributed by atoms with van der Waals surface area (Å²) in [4.78, 5) is 8.23. The number of aryl methyl sites for hydroxylation is 1. The highest BCUT2D eigenvalue weighted by Gasteiger charge is 2.54. The van der Waals surface area contributed by atoms with Crippen molar-refractivity contribution in [3.8, 4) is 6.07 Å². The summed E-state index contributed by atoms with van der Waals surface area (Å²) in [7, 11) is 1.64. The third-order valence-electron chi connectivity index (χ3n) is 4.28. The number of nitrogens with zero attached hydrogens (tertiary/aromatic N) is 4. The summed E-state index contributed by atoms with van der Waals surface area (Å²) in [5.74, 6) is 0.215. The Labute approximate surface area is 130 Å². The van der Waals surface area contributed by atoms with Crippen molar-refractivity contribution in [2.75, 3.05) is 0 Å². The predicted octanol–water partition coefficient (Wildman–Crippen LogP) is 3.83. The number of alkyl halides is 3.